The van der Waals surface area contributed by atoms with Gasteiger partial charge in [0.2, 0.25) is 6.79 Å². The Morgan fingerprint density at radius 2 is 2.11 bits per heavy atom. The molecule has 1 aromatic carbocycles. The Morgan fingerprint density at radius 3 is 2.81 bits per heavy atom. The molecule has 27 heavy (non-hydrogen) atoms. The molecule has 1 amide bonds. The molecule has 0 saturated carbocycles. The molecule has 10 nitrogen and oxygen atoms in total. The van der Waals surface area contributed by atoms with Gasteiger partial charge in [0, 0.05) is 19.2 Å². The Hall–Kier alpha value is -3.14. The second-order valence-electron chi connectivity index (χ2n) is 5.90. The van der Waals surface area contributed by atoms with Crippen molar-refractivity contribution in [2.24, 2.45) is 0 Å². The SMILES string of the molecule is O=C(COC(=O)/C=C/c1cc2c(cc1[N+](=O)[O-])OCO2)NC[C@@H]1CCCO1. The van der Waals surface area contributed by atoms with E-state index in [1.807, 2.05) is 0 Å². The molecular formula is C17H18N2O8. The van der Waals surface area contributed by atoms with Gasteiger partial charge in [-0.1, -0.05) is 0 Å². The number of nitro groups is 1. The largest absolute Gasteiger partial charge is 0.454 e. The van der Waals surface area contributed by atoms with Crippen LogP contribution in [0.5, 0.6) is 11.5 Å². The summed E-state index contributed by atoms with van der Waals surface area (Å²) in [5.74, 6) is -0.623. The average Bonchev–Trinajstić information content (AvgIpc) is 3.33. The molecule has 0 aromatic heterocycles. The fraction of sp³-hybridized carbons (Fsp3) is 0.412. The molecule has 0 aliphatic carbocycles. The maximum Gasteiger partial charge on any atom is 0.331 e. The van der Waals surface area contributed by atoms with Gasteiger partial charge in [0.1, 0.15) is 0 Å². The molecule has 1 atom stereocenters. The van der Waals surface area contributed by atoms with Gasteiger partial charge in [0.05, 0.1) is 22.7 Å². The highest BCUT2D eigenvalue weighted by Crippen LogP contribution is 2.38. The third kappa shape index (κ3) is 4.94. The quantitative estimate of drug-likeness (QED) is 0.324. The maximum atomic E-state index is 11.8. The molecule has 1 aromatic rings. The number of hydrogen-bond acceptors (Lipinski definition) is 8. The van der Waals surface area contributed by atoms with E-state index >= 15 is 0 Å². The molecule has 1 saturated heterocycles. The van der Waals surface area contributed by atoms with E-state index in [-0.39, 0.29) is 29.9 Å². The summed E-state index contributed by atoms with van der Waals surface area (Å²) >= 11 is 0. The fourth-order valence-corrected chi connectivity index (χ4v) is 2.67. The Balaban J connectivity index is 1.52. The number of nitrogens with one attached hydrogen (secondary N) is 1. The summed E-state index contributed by atoms with van der Waals surface area (Å²) in [5.41, 5.74) is -0.0818. The van der Waals surface area contributed by atoms with Gasteiger partial charge in [-0.25, -0.2) is 4.79 Å². The lowest BCUT2D eigenvalue weighted by atomic mass is 10.1. The molecule has 2 aliphatic heterocycles. The van der Waals surface area contributed by atoms with Gasteiger partial charge in [-0.15, -0.1) is 0 Å². The Labute approximate surface area is 154 Å². The summed E-state index contributed by atoms with van der Waals surface area (Å²) in [6.07, 6.45) is 4.09. The second-order valence-corrected chi connectivity index (χ2v) is 5.90. The lowest BCUT2D eigenvalue weighted by Gasteiger charge is -2.10. The summed E-state index contributed by atoms with van der Waals surface area (Å²) in [6.45, 7) is 0.587. The van der Waals surface area contributed by atoms with Crippen molar-refractivity contribution >= 4 is 23.6 Å². The van der Waals surface area contributed by atoms with Crippen molar-refractivity contribution in [3.63, 3.8) is 0 Å². The first-order chi connectivity index (χ1) is 13.0. The number of nitro benzene ring substituents is 1. The topological polar surface area (TPSA) is 126 Å². The van der Waals surface area contributed by atoms with E-state index in [9.17, 15) is 19.7 Å². The molecule has 10 heteroatoms. The van der Waals surface area contributed by atoms with E-state index in [2.05, 4.69) is 5.32 Å². The monoisotopic (exact) mass is 378 g/mol. The normalized spacial score (nSPS) is 17.9. The van der Waals surface area contributed by atoms with Gasteiger partial charge in [-0.05, 0) is 25.0 Å². The third-order valence-corrected chi connectivity index (χ3v) is 4.01. The first kappa shape index (κ1) is 18.6. The van der Waals surface area contributed by atoms with Crippen LogP contribution in [0, 0.1) is 10.1 Å². The van der Waals surface area contributed by atoms with Crippen LogP contribution >= 0.6 is 0 Å². The van der Waals surface area contributed by atoms with Crippen LogP contribution in [0.2, 0.25) is 0 Å². The van der Waals surface area contributed by atoms with E-state index in [1.165, 1.54) is 18.2 Å². The number of esters is 1. The molecule has 3 rings (SSSR count). The van der Waals surface area contributed by atoms with Crippen LogP contribution in [0.3, 0.4) is 0 Å². The number of hydrogen-bond donors (Lipinski definition) is 1. The van der Waals surface area contributed by atoms with Gasteiger partial charge < -0.3 is 24.3 Å². The number of fused-ring (bicyclic) bond motifs is 1. The molecule has 0 bridgehead atoms. The van der Waals surface area contributed by atoms with Gasteiger partial charge >= 0.3 is 5.97 Å². The summed E-state index contributed by atoms with van der Waals surface area (Å²) in [6, 6.07) is 2.63. The van der Waals surface area contributed by atoms with Crippen LogP contribution in [0.15, 0.2) is 18.2 Å². The highest BCUT2D eigenvalue weighted by Gasteiger charge is 2.22. The molecule has 1 N–H and O–H groups in total. The van der Waals surface area contributed by atoms with Crippen LogP contribution < -0.4 is 14.8 Å². The van der Waals surface area contributed by atoms with Crippen molar-refractivity contribution in [3.8, 4) is 11.5 Å². The van der Waals surface area contributed by atoms with E-state index in [1.54, 1.807) is 0 Å². The molecule has 0 unspecified atom stereocenters. The van der Waals surface area contributed by atoms with Gasteiger partial charge in [-0.2, -0.15) is 0 Å². The summed E-state index contributed by atoms with van der Waals surface area (Å²) in [7, 11) is 0. The number of rotatable bonds is 7. The van der Waals surface area contributed by atoms with Crippen LogP contribution in [0.1, 0.15) is 18.4 Å². The van der Waals surface area contributed by atoms with Crippen molar-refractivity contribution in [2.75, 3.05) is 26.6 Å². The van der Waals surface area contributed by atoms with E-state index < -0.39 is 23.4 Å². The standard InChI is InChI=1S/C17H18N2O8/c20-16(18-8-12-2-1-5-24-12)9-25-17(21)4-3-11-6-14-15(27-10-26-14)7-13(11)19(22)23/h3-4,6-7,12H,1-2,5,8-10H2,(H,18,20)/b4-3+/t12-/m0/s1. The molecule has 0 spiro atoms. The van der Waals surface area contributed by atoms with Gasteiger partial charge in [0.25, 0.3) is 11.6 Å². The first-order valence-electron chi connectivity index (χ1n) is 8.34. The number of ether oxygens (including phenoxy) is 4. The minimum Gasteiger partial charge on any atom is -0.454 e. The van der Waals surface area contributed by atoms with Gasteiger partial charge in [0.15, 0.2) is 18.1 Å². The first-order valence-corrected chi connectivity index (χ1v) is 8.34. The molecule has 0 radical (unpaired) electrons. The lowest BCUT2D eigenvalue weighted by molar-refractivity contribution is -0.385. The van der Waals surface area contributed by atoms with E-state index in [0.29, 0.717) is 18.9 Å². The number of carbonyl (C=O) groups is 2. The second kappa shape index (κ2) is 8.49. The molecule has 1 fully saturated rings. The molecule has 2 heterocycles. The molecule has 144 valence electrons. The zero-order valence-corrected chi connectivity index (χ0v) is 14.3. The number of benzene rings is 1. The van der Waals surface area contributed by atoms with Crippen LogP contribution in [-0.4, -0.2) is 49.5 Å². The predicted molar refractivity (Wildman–Crippen MR) is 91.2 cm³/mol. The van der Waals surface area contributed by atoms with Crippen molar-refractivity contribution in [3.05, 3.63) is 33.9 Å². The number of carbonyl (C=O) groups excluding carboxylic acids is 2. The van der Waals surface area contributed by atoms with E-state index in [4.69, 9.17) is 18.9 Å². The minimum atomic E-state index is -0.797. The zero-order chi connectivity index (χ0) is 19.2. The summed E-state index contributed by atoms with van der Waals surface area (Å²) in [5, 5.41) is 13.8. The summed E-state index contributed by atoms with van der Waals surface area (Å²) in [4.78, 5) is 34.0. The highest BCUT2D eigenvalue weighted by atomic mass is 16.7. The van der Waals surface area contributed by atoms with Crippen molar-refractivity contribution in [1.82, 2.24) is 5.32 Å². The minimum absolute atomic E-state index is 0.00361. The predicted octanol–water partition coefficient (Wildman–Crippen LogP) is 1.18. The molecular weight excluding hydrogens is 360 g/mol. The van der Waals surface area contributed by atoms with Crippen molar-refractivity contribution in [2.45, 2.75) is 18.9 Å². The van der Waals surface area contributed by atoms with Gasteiger partial charge in [-0.3, -0.25) is 14.9 Å². The van der Waals surface area contributed by atoms with Crippen LogP contribution in [0.25, 0.3) is 6.08 Å². The number of amides is 1. The van der Waals surface area contributed by atoms with Crippen molar-refractivity contribution < 1.29 is 33.5 Å². The third-order valence-electron chi connectivity index (χ3n) is 4.01. The number of nitrogens with zero attached hydrogens (tertiary/aromatic N) is 1. The van der Waals surface area contributed by atoms with Crippen LogP contribution in [-0.2, 0) is 19.1 Å². The zero-order valence-electron chi connectivity index (χ0n) is 14.3. The Morgan fingerprint density at radius 1 is 1.33 bits per heavy atom. The van der Waals surface area contributed by atoms with Crippen molar-refractivity contribution in [1.29, 1.82) is 0 Å². The average molecular weight is 378 g/mol. The molecule has 2 aliphatic rings. The van der Waals surface area contributed by atoms with Crippen LogP contribution in [0.4, 0.5) is 5.69 Å². The maximum absolute atomic E-state index is 11.8. The van der Waals surface area contributed by atoms with E-state index in [0.717, 1.165) is 18.9 Å². The smallest absolute Gasteiger partial charge is 0.331 e. The Kier molecular flexibility index (Phi) is 5.87. The Bertz CT molecular complexity index is 770. The lowest BCUT2D eigenvalue weighted by Crippen LogP contribution is -2.34. The highest BCUT2D eigenvalue weighted by molar-refractivity contribution is 5.90. The summed E-state index contributed by atoms with van der Waals surface area (Å²) < 4.78 is 20.5. The fourth-order valence-electron chi connectivity index (χ4n) is 2.67.